The zero-order valence-corrected chi connectivity index (χ0v) is 28.6. The third-order valence-corrected chi connectivity index (χ3v) is 7.86. The SMILES string of the molecule is C=C[C@@H](OCc1ccc(OC)cc1)[C@H](OCc1ccc(OC)cc1)[C@@H](COCc1ccc(OC)cc1)OC(=O)CC[C@H]1COC(C)(C)O1. The van der Waals surface area contributed by atoms with Crippen LogP contribution in [0.4, 0.5) is 0 Å². The second-order valence-electron chi connectivity index (χ2n) is 11.9. The van der Waals surface area contributed by atoms with Crippen molar-refractivity contribution in [3.63, 3.8) is 0 Å². The van der Waals surface area contributed by atoms with E-state index < -0.39 is 30.1 Å². The summed E-state index contributed by atoms with van der Waals surface area (Å²) in [7, 11) is 4.86. The van der Waals surface area contributed by atoms with Gasteiger partial charge in [-0.2, -0.15) is 0 Å². The van der Waals surface area contributed by atoms with Crippen LogP contribution in [0.3, 0.4) is 0 Å². The zero-order valence-electron chi connectivity index (χ0n) is 28.6. The molecule has 0 aromatic heterocycles. The van der Waals surface area contributed by atoms with Crippen LogP contribution in [0.1, 0.15) is 43.4 Å². The quantitative estimate of drug-likeness (QED) is 0.0993. The lowest BCUT2D eigenvalue weighted by Gasteiger charge is -2.32. The summed E-state index contributed by atoms with van der Waals surface area (Å²) in [6.07, 6.45) is -0.183. The summed E-state index contributed by atoms with van der Waals surface area (Å²) in [6, 6.07) is 22.8. The molecule has 3 aromatic rings. The lowest BCUT2D eigenvalue weighted by molar-refractivity contribution is -0.177. The summed E-state index contributed by atoms with van der Waals surface area (Å²) in [5.74, 6) is 1.16. The standard InChI is InChI=1S/C38H48O10/c1-7-34(44-23-28-10-16-31(41-5)17-11-28)37(45-24-29-12-18-32(42-6)19-13-29)35(26-43-22-27-8-14-30(40-4)15-9-27)47-36(39)21-20-33-25-46-38(2,3)48-33/h7-19,33-35,37H,1,20-26H2,2-6H3/t33-,34+,35+,37-/m0/s1. The van der Waals surface area contributed by atoms with E-state index in [-0.39, 0.29) is 39.0 Å². The van der Waals surface area contributed by atoms with E-state index in [0.717, 1.165) is 33.9 Å². The average molecular weight is 665 g/mol. The number of carbonyl (C=O) groups excluding carboxylic acids is 1. The number of carbonyl (C=O) groups is 1. The van der Waals surface area contributed by atoms with Gasteiger partial charge in [-0.15, -0.1) is 6.58 Å². The molecule has 1 saturated heterocycles. The maximum absolute atomic E-state index is 13.3. The highest BCUT2D eigenvalue weighted by Crippen LogP contribution is 2.26. The average Bonchev–Trinajstić information content (AvgIpc) is 3.47. The molecule has 1 heterocycles. The molecule has 0 unspecified atom stereocenters. The second kappa shape index (κ2) is 18.6. The molecule has 260 valence electrons. The van der Waals surface area contributed by atoms with E-state index in [4.69, 9.17) is 42.6 Å². The first-order valence-corrected chi connectivity index (χ1v) is 16.1. The van der Waals surface area contributed by atoms with Gasteiger partial charge in [0.15, 0.2) is 11.9 Å². The third-order valence-electron chi connectivity index (χ3n) is 7.86. The normalized spacial score (nSPS) is 17.2. The molecular formula is C38H48O10. The molecule has 10 nitrogen and oxygen atoms in total. The van der Waals surface area contributed by atoms with Crippen molar-refractivity contribution in [3.8, 4) is 17.2 Å². The van der Waals surface area contributed by atoms with Crippen LogP contribution in [0.25, 0.3) is 0 Å². The van der Waals surface area contributed by atoms with Crippen LogP contribution in [0, 0.1) is 0 Å². The van der Waals surface area contributed by atoms with Crippen LogP contribution in [0.15, 0.2) is 85.5 Å². The van der Waals surface area contributed by atoms with Crippen LogP contribution in [-0.2, 0) is 53.0 Å². The molecule has 0 N–H and O–H groups in total. The predicted octanol–water partition coefficient (Wildman–Crippen LogP) is 6.43. The van der Waals surface area contributed by atoms with E-state index in [9.17, 15) is 4.79 Å². The van der Waals surface area contributed by atoms with Crippen molar-refractivity contribution in [1.29, 1.82) is 0 Å². The lowest BCUT2D eigenvalue weighted by Crippen LogP contribution is -2.45. The van der Waals surface area contributed by atoms with E-state index in [1.165, 1.54) is 0 Å². The maximum Gasteiger partial charge on any atom is 0.306 e. The van der Waals surface area contributed by atoms with E-state index in [1.807, 2.05) is 86.6 Å². The summed E-state index contributed by atoms with van der Waals surface area (Å²) in [5.41, 5.74) is 2.78. The third kappa shape index (κ3) is 11.6. The molecule has 0 saturated carbocycles. The Morgan fingerprint density at radius 3 is 1.77 bits per heavy atom. The molecule has 4 rings (SSSR count). The summed E-state index contributed by atoms with van der Waals surface area (Å²) >= 11 is 0. The summed E-state index contributed by atoms with van der Waals surface area (Å²) < 4.78 is 52.5. The highest BCUT2D eigenvalue weighted by Gasteiger charge is 2.35. The number of hydrogen-bond acceptors (Lipinski definition) is 10. The van der Waals surface area contributed by atoms with Gasteiger partial charge in [-0.3, -0.25) is 4.79 Å². The highest BCUT2D eigenvalue weighted by molar-refractivity contribution is 5.69. The number of benzene rings is 3. The zero-order chi connectivity index (χ0) is 34.4. The van der Waals surface area contributed by atoms with Crippen LogP contribution >= 0.6 is 0 Å². The van der Waals surface area contributed by atoms with Gasteiger partial charge < -0.3 is 42.6 Å². The Kier molecular flexibility index (Phi) is 14.3. The Morgan fingerprint density at radius 2 is 1.31 bits per heavy atom. The predicted molar refractivity (Wildman–Crippen MR) is 180 cm³/mol. The van der Waals surface area contributed by atoms with Gasteiger partial charge in [-0.1, -0.05) is 42.5 Å². The first kappa shape index (κ1) is 36.9. The smallest absolute Gasteiger partial charge is 0.306 e. The topological polar surface area (TPSA) is 100 Å². The molecular weight excluding hydrogens is 616 g/mol. The van der Waals surface area contributed by atoms with Gasteiger partial charge >= 0.3 is 5.97 Å². The molecule has 1 aliphatic heterocycles. The van der Waals surface area contributed by atoms with Crippen LogP contribution in [0.5, 0.6) is 17.2 Å². The van der Waals surface area contributed by atoms with E-state index >= 15 is 0 Å². The van der Waals surface area contributed by atoms with Crippen LogP contribution in [-0.4, -0.2) is 70.7 Å². The lowest BCUT2D eigenvalue weighted by atomic mass is 10.1. The van der Waals surface area contributed by atoms with Gasteiger partial charge in [-0.05, 0) is 73.4 Å². The molecule has 48 heavy (non-hydrogen) atoms. The molecule has 0 bridgehead atoms. The van der Waals surface area contributed by atoms with Gasteiger partial charge in [0, 0.05) is 6.42 Å². The van der Waals surface area contributed by atoms with Crippen molar-refractivity contribution in [3.05, 3.63) is 102 Å². The highest BCUT2D eigenvalue weighted by atomic mass is 16.7. The Balaban J connectivity index is 1.52. The van der Waals surface area contributed by atoms with E-state index in [1.54, 1.807) is 27.4 Å². The first-order valence-electron chi connectivity index (χ1n) is 16.1. The maximum atomic E-state index is 13.3. The molecule has 10 heteroatoms. The molecule has 3 aromatic carbocycles. The molecule has 4 atom stereocenters. The van der Waals surface area contributed by atoms with Gasteiger partial charge in [0.2, 0.25) is 0 Å². The molecule has 1 aliphatic rings. The Morgan fingerprint density at radius 1 is 0.812 bits per heavy atom. The number of rotatable bonds is 20. The number of ether oxygens (including phenoxy) is 9. The van der Waals surface area contributed by atoms with Crippen LogP contribution in [0.2, 0.25) is 0 Å². The Labute approximate surface area is 283 Å². The van der Waals surface area contributed by atoms with Gasteiger partial charge in [0.05, 0.1) is 60.5 Å². The summed E-state index contributed by atoms with van der Waals surface area (Å²) in [4.78, 5) is 13.3. The molecule has 0 amide bonds. The largest absolute Gasteiger partial charge is 0.497 e. The van der Waals surface area contributed by atoms with Crippen molar-refractivity contribution in [1.82, 2.24) is 0 Å². The fourth-order valence-electron chi connectivity index (χ4n) is 5.16. The fraction of sp³-hybridized carbons (Fsp3) is 0.447. The minimum absolute atomic E-state index is 0.0529. The molecule has 0 radical (unpaired) electrons. The van der Waals surface area contributed by atoms with Crippen molar-refractivity contribution >= 4 is 5.97 Å². The number of esters is 1. The molecule has 1 fully saturated rings. The van der Waals surface area contributed by atoms with Gasteiger partial charge in [0.1, 0.15) is 29.5 Å². The number of hydrogen-bond donors (Lipinski definition) is 0. The molecule has 0 aliphatic carbocycles. The van der Waals surface area contributed by atoms with Crippen molar-refractivity contribution < 1.29 is 47.4 Å². The summed E-state index contributed by atoms with van der Waals surface area (Å²) in [6.45, 7) is 9.00. The second-order valence-corrected chi connectivity index (χ2v) is 11.9. The van der Waals surface area contributed by atoms with Gasteiger partial charge in [-0.25, -0.2) is 0 Å². The van der Waals surface area contributed by atoms with Crippen molar-refractivity contribution in [2.75, 3.05) is 34.5 Å². The number of methoxy groups -OCH3 is 3. The van der Waals surface area contributed by atoms with Crippen molar-refractivity contribution in [2.45, 2.75) is 76.7 Å². The monoisotopic (exact) mass is 664 g/mol. The Bertz CT molecular complexity index is 1390. The van der Waals surface area contributed by atoms with Crippen LogP contribution < -0.4 is 14.2 Å². The van der Waals surface area contributed by atoms with E-state index in [2.05, 4.69) is 6.58 Å². The van der Waals surface area contributed by atoms with Crippen molar-refractivity contribution in [2.24, 2.45) is 0 Å². The van der Waals surface area contributed by atoms with Gasteiger partial charge in [0.25, 0.3) is 0 Å². The Hall–Kier alpha value is -3.93. The minimum Gasteiger partial charge on any atom is -0.497 e. The van der Waals surface area contributed by atoms with E-state index in [0.29, 0.717) is 13.0 Å². The molecule has 0 spiro atoms. The summed E-state index contributed by atoms with van der Waals surface area (Å²) in [5, 5.41) is 0. The minimum atomic E-state index is -0.829. The fourth-order valence-corrected chi connectivity index (χ4v) is 5.16. The first-order chi connectivity index (χ1) is 23.2.